The maximum absolute atomic E-state index is 11.7. The van der Waals surface area contributed by atoms with E-state index in [4.69, 9.17) is 10.5 Å². The molecule has 1 aliphatic heterocycles. The van der Waals surface area contributed by atoms with Crippen molar-refractivity contribution in [3.05, 3.63) is 65.7 Å². The lowest BCUT2D eigenvalue weighted by atomic mass is 10.1. The van der Waals surface area contributed by atoms with Crippen molar-refractivity contribution in [2.75, 3.05) is 31.1 Å². The average Bonchev–Trinajstić information content (AvgIpc) is 3.31. The molecule has 164 valence electrons. The van der Waals surface area contributed by atoms with Gasteiger partial charge in [-0.05, 0) is 48.6 Å². The van der Waals surface area contributed by atoms with Gasteiger partial charge < -0.3 is 20.7 Å². The second kappa shape index (κ2) is 9.14. The van der Waals surface area contributed by atoms with Crippen LogP contribution in [0.1, 0.15) is 23.3 Å². The number of carbonyl (C=O) groups excluding carboxylic acids is 1. The highest BCUT2D eigenvalue weighted by Crippen LogP contribution is 2.33. The van der Waals surface area contributed by atoms with Gasteiger partial charge in [0.05, 0.1) is 12.1 Å². The highest BCUT2D eigenvalue weighted by Gasteiger charge is 2.23. The number of para-hydroxylation sites is 1. The molecule has 0 saturated carbocycles. The number of benzene rings is 2. The van der Waals surface area contributed by atoms with Crippen LogP contribution in [-0.2, 0) is 0 Å². The summed E-state index contributed by atoms with van der Waals surface area (Å²) in [5, 5.41) is 7.93. The van der Waals surface area contributed by atoms with Crippen LogP contribution in [0.15, 0.2) is 60.0 Å². The van der Waals surface area contributed by atoms with Crippen LogP contribution in [-0.4, -0.2) is 43.2 Å². The fraction of sp³-hybridized carbons (Fsp3) is 0.280. The van der Waals surface area contributed by atoms with Crippen LogP contribution < -0.4 is 20.7 Å². The molecular formula is C25H26N4O2S. The molecule has 0 radical (unpaired) electrons. The normalized spacial score (nSPS) is 16.5. The summed E-state index contributed by atoms with van der Waals surface area (Å²) in [5.41, 5.74) is 7.72. The van der Waals surface area contributed by atoms with Crippen molar-refractivity contribution in [3.63, 3.8) is 0 Å². The van der Waals surface area contributed by atoms with Gasteiger partial charge in [-0.25, -0.2) is 4.98 Å². The minimum absolute atomic E-state index is 0.227. The topological polar surface area (TPSA) is 80.5 Å². The largest absolute Gasteiger partial charge is 0.493 e. The number of aromatic nitrogens is 1. The van der Waals surface area contributed by atoms with E-state index in [2.05, 4.69) is 44.8 Å². The summed E-state index contributed by atoms with van der Waals surface area (Å²) in [6, 6.07) is 18.5. The molecule has 1 amide bonds. The molecular weight excluding hydrogens is 420 g/mol. The molecule has 1 atom stereocenters. The summed E-state index contributed by atoms with van der Waals surface area (Å²) in [4.78, 5) is 18.5. The van der Waals surface area contributed by atoms with E-state index in [1.165, 1.54) is 15.8 Å². The van der Waals surface area contributed by atoms with E-state index in [0.29, 0.717) is 23.9 Å². The smallest absolute Gasteiger partial charge is 0.267 e. The highest BCUT2D eigenvalue weighted by molar-refractivity contribution is 7.17. The number of thiophene rings is 1. The Bertz CT molecular complexity index is 1260. The molecule has 1 aliphatic rings. The van der Waals surface area contributed by atoms with Gasteiger partial charge >= 0.3 is 0 Å². The second-order valence-electron chi connectivity index (χ2n) is 8.04. The van der Waals surface area contributed by atoms with Gasteiger partial charge in [0, 0.05) is 52.9 Å². The molecule has 3 N–H and O–H groups in total. The minimum atomic E-state index is -0.549. The third kappa shape index (κ3) is 4.13. The first-order chi connectivity index (χ1) is 15.7. The van der Waals surface area contributed by atoms with Crippen molar-refractivity contribution in [1.29, 1.82) is 0 Å². The quantitative estimate of drug-likeness (QED) is 0.416. The zero-order chi connectivity index (χ0) is 21.9. The van der Waals surface area contributed by atoms with Gasteiger partial charge in [-0.1, -0.05) is 18.2 Å². The number of fused-ring (bicyclic) bond motifs is 2. The molecule has 0 aliphatic carbocycles. The lowest BCUT2D eigenvalue weighted by molar-refractivity contribution is 0.0995. The molecule has 1 saturated heterocycles. The molecule has 7 heteroatoms. The molecule has 0 bridgehead atoms. The number of carbonyl (C=O) groups is 1. The van der Waals surface area contributed by atoms with Crippen LogP contribution in [0.2, 0.25) is 0 Å². The van der Waals surface area contributed by atoms with E-state index in [9.17, 15) is 4.79 Å². The Labute approximate surface area is 191 Å². The summed E-state index contributed by atoms with van der Waals surface area (Å²) in [6.45, 7) is 3.52. The zero-order valence-electron chi connectivity index (χ0n) is 17.8. The van der Waals surface area contributed by atoms with Crippen LogP contribution >= 0.6 is 11.3 Å². The van der Waals surface area contributed by atoms with Crippen molar-refractivity contribution < 1.29 is 9.53 Å². The Hall–Kier alpha value is -3.16. The van der Waals surface area contributed by atoms with Crippen molar-refractivity contribution in [2.24, 2.45) is 5.73 Å². The summed E-state index contributed by atoms with van der Waals surface area (Å²) in [5.74, 6) is 0.109. The van der Waals surface area contributed by atoms with Crippen molar-refractivity contribution in [3.8, 4) is 5.75 Å². The Kier molecular flexibility index (Phi) is 5.92. The Balaban J connectivity index is 1.28. The Morgan fingerprint density at radius 1 is 1.19 bits per heavy atom. The summed E-state index contributed by atoms with van der Waals surface area (Å²) >= 11 is 1.79. The van der Waals surface area contributed by atoms with E-state index >= 15 is 0 Å². The summed E-state index contributed by atoms with van der Waals surface area (Å²) < 4.78 is 7.45. The fourth-order valence-electron chi connectivity index (χ4n) is 4.45. The first-order valence-electron chi connectivity index (χ1n) is 11.0. The lowest BCUT2D eigenvalue weighted by Gasteiger charge is -2.38. The van der Waals surface area contributed by atoms with E-state index in [0.717, 1.165) is 37.9 Å². The number of primary amides is 1. The predicted molar refractivity (Wildman–Crippen MR) is 131 cm³/mol. The molecule has 0 spiro atoms. The van der Waals surface area contributed by atoms with Crippen LogP contribution in [0.25, 0.3) is 21.0 Å². The monoisotopic (exact) mass is 446 g/mol. The van der Waals surface area contributed by atoms with Crippen LogP contribution in [0.5, 0.6) is 5.75 Å². The number of hydrogen-bond acceptors (Lipinski definition) is 6. The van der Waals surface area contributed by atoms with Crippen molar-refractivity contribution in [1.82, 2.24) is 10.3 Å². The van der Waals surface area contributed by atoms with Gasteiger partial charge in [0.25, 0.3) is 5.91 Å². The maximum atomic E-state index is 11.7. The number of nitrogens with one attached hydrogen (secondary N) is 1. The molecule has 3 heterocycles. The van der Waals surface area contributed by atoms with Crippen LogP contribution in [0.4, 0.5) is 5.69 Å². The minimum Gasteiger partial charge on any atom is -0.493 e. The van der Waals surface area contributed by atoms with Gasteiger partial charge in [-0.15, -0.1) is 11.3 Å². The molecule has 32 heavy (non-hydrogen) atoms. The molecule has 2 aromatic carbocycles. The number of pyridine rings is 1. The van der Waals surface area contributed by atoms with Crippen molar-refractivity contribution in [2.45, 2.75) is 18.9 Å². The standard InChI is InChI=1S/C25H26N4O2S/c26-25(30)21-15-23(18-6-1-2-7-20(18)28-21)31-13-4-5-17-16-27-11-12-29(17)22-8-3-9-24-19(22)10-14-32-24/h1-3,6-10,14-15,17,27H,4-5,11-13,16H2,(H2,26,30). The highest BCUT2D eigenvalue weighted by atomic mass is 32.1. The van der Waals surface area contributed by atoms with Crippen LogP contribution in [0, 0.1) is 0 Å². The van der Waals surface area contributed by atoms with Gasteiger partial charge in [0.1, 0.15) is 11.4 Å². The number of piperazine rings is 1. The van der Waals surface area contributed by atoms with Crippen LogP contribution in [0.3, 0.4) is 0 Å². The Morgan fingerprint density at radius 2 is 2.09 bits per heavy atom. The zero-order valence-corrected chi connectivity index (χ0v) is 18.6. The van der Waals surface area contributed by atoms with Gasteiger partial charge in [-0.2, -0.15) is 0 Å². The van der Waals surface area contributed by atoms with Gasteiger partial charge in [-0.3, -0.25) is 4.79 Å². The lowest BCUT2D eigenvalue weighted by Crippen LogP contribution is -2.51. The van der Waals surface area contributed by atoms with E-state index in [1.54, 1.807) is 17.4 Å². The predicted octanol–water partition coefficient (Wildman–Crippen LogP) is 4.19. The molecule has 6 nitrogen and oxygen atoms in total. The Morgan fingerprint density at radius 3 is 3.00 bits per heavy atom. The molecule has 4 aromatic rings. The molecule has 1 fully saturated rings. The maximum Gasteiger partial charge on any atom is 0.267 e. The number of rotatable bonds is 7. The van der Waals surface area contributed by atoms with E-state index in [1.807, 2.05) is 24.3 Å². The number of amides is 1. The third-order valence-electron chi connectivity index (χ3n) is 6.00. The van der Waals surface area contributed by atoms with Crippen molar-refractivity contribution >= 4 is 43.9 Å². The van der Waals surface area contributed by atoms with E-state index < -0.39 is 5.91 Å². The number of nitrogens with two attached hydrogens (primary N) is 1. The number of ether oxygens (including phenoxy) is 1. The summed E-state index contributed by atoms with van der Waals surface area (Å²) in [6.07, 6.45) is 1.92. The number of hydrogen-bond donors (Lipinski definition) is 2. The van der Waals surface area contributed by atoms with E-state index in [-0.39, 0.29) is 5.69 Å². The SMILES string of the molecule is NC(=O)c1cc(OCCCC2CNCCN2c2cccc3sccc23)c2ccccc2n1. The molecule has 2 aromatic heterocycles. The number of nitrogens with zero attached hydrogens (tertiary/aromatic N) is 2. The number of anilines is 1. The van der Waals surface area contributed by atoms with Gasteiger partial charge in [0.15, 0.2) is 0 Å². The first kappa shape index (κ1) is 20.7. The fourth-order valence-corrected chi connectivity index (χ4v) is 5.26. The summed E-state index contributed by atoms with van der Waals surface area (Å²) in [7, 11) is 0. The third-order valence-corrected chi connectivity index (χ3v) is 6.88. The molecule has 1 unspecified atom stereocenters. The molecule has 5 rings (SSSR count). The second-order valence-corrected chi connectivity index (χ2v) is 8.99. The van der Waals surface area contributed by atoms with Gasteiger partial charge in [0.2, 0.25) is 0 Å². The first-order valence-corrected chi connectivity index (χ1v) is 11.8. The average molecular weight is 447 g/mol.